The zero-order valence-electron chi connectivity index (χ0n) is 12.9. The van der Waals surface area contributed by atoms with Gasteiger partial charge in [0.2, 0.25) is 10.0 Å². The third-order valence-corrected chi connectivity index (χ3v) is 3.81. The van der Waals surface area contributed by atoms with Crippen LogP contribution in [0.2, 0.25) is 0 Å². The second kappa shape index (κ2) is 6.70. The van der Waals surface area contributed by atoms with Gasteiger partial charge in [0, 0.05) is 19.3 Å². The summed E-state index contributed by atoms with van der Waals surface area (Å²) in [4.78, 5) is 13.3. The first kappa shape index (κ1) is 16.8. The fourth-order valence-electron chi connectivity index (χ4n) is 2.26. The molecule has 0 radical (unpaired) electrons. The summed E-state index contributed by atoms with van der Waals surface area (Å²) in [6, 6.07) is 14.1. The van der Waals surface area contributed by atoms with E-state index in [9.17, 15) is 18.3 Å². The van der Waals surface area contributed by atoms with E-state index < -0.39 is 16.0 Å². The van der Waals surface area contributed by atoms with Crippen molar-refractivity contribution in [1.29, 1.82) is 0 Å². The molecule has 0 unspecified atom stereocenters. The molecule has 6 nitrogen and oxygen atoms in total. The Balaban J connectivity index is 2.32. The van der Waals surface area contributed by atoms with E-state index in [0.717, 1.165) is 11.8 Å². The van der Waals surface area contributed by atoms with Crippen LogP contribution in [0.1, 0.15) is 15.9 Å². The molecule has 2 rings (SSSR count). The van der Waals surface area contributed by atoms with Crippen LogP contribution in [0.4, 0.5) is 11.4 Å². The number of carboxylic acids is 1. The Kier molecular flexibility index (Phi) is 4.90. The summed E-state index contributed by atoms with van der Waals surface area (Å²) in [6.45, 7) is 0.542. The minimum Gasteiger partial charge on any atom is -0.478 e. The number of sulfonamides is 1. The molecule has 122 valence electrons. The highest BCUT2D eigenvalue weighted by Crippen LogP contribution is 2.25. The number of carbonyl (C=O) groups is 1. The van der Waals surface area contributed by atoms with E-state index >= 15 is 0 Å². The molecular weight excluding hydrogens is 316 g/mol. The highest BCUT2D eigenvalue weighted by atomic mass is 32.2. The van der Waals surface area contributed by atoms with Crippen LogP contribution in [-0.2, 0) is 16.6 Å². The van der Waals surface area contributed by atoms with Gasteiger partial charge in [0.15, 0.2) is 0 Å². The number of benzene rings is 2. The molecule has 0 bridgehead atoms. The van der Waals surface area contributed by atoms with Crippen molar-refractivity contribution in [2.24, 2.45) is 0 Å². The van der Waals surface area contributed by atoms with Crippen molar-refractivity contribution in [1.82, 2.24) is 0 Å². The van der Waals surface area contributed by atoms with E-state index in [0.29, 0.717) is 12.2 Å². The summed E-state index contributed by atoms with van der Waals surface area (Å²) in [5.74, 6) is -1.11. The number of aromatic carboxylic acids is 1. The van der Waals surface area contributed by atoms with Crippen molar-refractivity contribution >= 4 is 27.4 Å². The Hall–Kier alpha value is -2.54. The van der Waals surface area contributed by atoms with Crippen LogP contribution in [0.5, 0.6) is 0 Å². The summed E-state index contributed by atoms with van der Waals surface area (Å²) >= 11 is 0. The molecule has 2 N–H and O–H groups in total. The number of rotatable bonds is 6. The van der Waals surface area contributed by atoms with Crippen LogP contribution < -0.4 is 9.62 Å². The maximum Gasteiger partial charge on any atom is 0.337 e. The summed E-state index contributed by atoms with van der Waals surface area (Å²) in [5, 5.41) is 9.40. The average molecular weight is 334 g/mol. The molecule has 2 aromatic carbocycles. The van der Waals surface area contributed by atoms with E-state index in [1.54, 1.807) is 19.2 Å². The van der Waals surface area contributed by atoms with Gasteiger partial charge in [-0.15, -0.1) is 0 Å². The summed E-state index contributed by atoms with van der Waals surface area (Å²) in [7, 11) is -1.67. The first-order chi connectivity index (χ1) is 10.8. The Morgan fingerprint density at radius 1 is 1.17 bits per heavy atom. The lowest BCUT2D eigenvalue weighted by atomic mass is 10.1. The van der Waals surface area contributed by atoms with Gasteiger partial charge in [-0.05, 0) is 23.8 Å². The topological polar surface area (TPSA) is 86.7 Å². The smallest absolute Gasteiger partial charge is 0.337 e. The summed E-state index contributed by atoms with van der Waals surface area (Å²) < 4.78 is 24.8. The zero-order chi connectivity index (χ0) is 17.0. The quantitative estimate of drug-likeness (QED) is 0.847. The fraction of sp³-hybridized carbons (Fsp3) is 0.188. The molecule has 0 saturated carbocycles. The van der Waals surface area contributed by atoms with E-state index in [-0.39, 0.29) is 11.3 Å². The first-order valence-corrected chi connectivity index (χ1v) is 8.75. The Morgan fingerprint density at radius 3 is 2.39 bits per heavy atom. The minimum atomic E-state index is -3.46. The maximum atomic E-state index is 11.5. The number of nitrogens with one attached hydrogen (secondary N) is 1. The highest BCUT2D eigenvalue weighted by molar-refractivity contribution is 7.92. The van der Waals surface area contributed by atoms with Gasteiger partial charge in [0.25, 0.3) is 0 Å². The van der Waals surface area contributed by atoms with E-state index in [4.69, 9.17) is 0 Å². The first-order valence-electron chi connectivity index (χ1n) is 6.86. The molecule has 0 aliphatic rings. The number of carboxylic acid groups (broad SMARTS) is 1. The molecular formula is C16H18N2O4S. The normalized spacial score (nSPS) is 11.0. The second-order valence-electron chi connectivity index (χ2n) is 5.25. The molecule has 0 amide bonds. The van der Waals surface area contributed by atoms with E-state index in [1.807, 2.05) is 35.2 Å². The number of anilines is 2. The molecule has 0 aliphatic carbocycles. The van der Waals surface area contributed by atoms with Crippen molar-refractivity contribution in [3.63, 3.8) is 0 Å². The van der Waals surface area contributed by atoms with Gasteiger partial charge in [-0.3, -0.25) is 4.72 Å². The van der Waals surface area contributed by atoms with Crippen molar-refractivity contribution in [2.45, 2.75) is 6.54 Å². The van der Waals surface area contributed by atoms with Crippen molar-refractivity contribution in [3.8, 4) is 0 Å². The Morgan fingerprint density at radius 2 is 1.83 bits per heavy atom. The lowest BCUT2D eigenvalue weighted by Gasteiger charge is -2.22. The van der Waals surface area contributed by atoms with Crippen LogP contribution >= 0.6 is 0 Å². The van der Waals surface area contributed by atoms with Gasteiger partial charge in [-0.1, -0.05) is 30.3 Å². The summed E-state index contributed by atoms with van der Waals surface area (Å²) in [6.07, 6.45) is 1.02. The van der Waals surface area contributed by atoms with Crippen LogP contribution in [0, 0.1) is 0 Å². The van der Waals surface area contributed by atoms with Crippen molar-refractivity contribution in [3.05, 3.63) is 59.7 Å². The molecule has 0 aliphatic heterocycles. The monoisotopic (exact) mass is 334 g/mol. The molecule has 0 fully saturated rings. The fourth-order valence-corrected chi connectivity index (χ4v) is 2.82. The number of hydrogen-bond donors (Lipinski definition) is 2. The van der Waals surface area contributed by atoms with Crippen LogP contribution in [0.3, 0.4) is 0 Å². The lowest BCUT2D eigenvalue weighted by molar-refractivity contribution is 0.0697. The van der Waals surface area contributed by atoms with E-state index in [2.05, 4.69) is 4.72 Å². The van der Waals surface area contributed by atoms with Gasteiger partial charge >= 0.3 is 5.97 Å². The number of nitrogens with zero attached hydrogens (tertiary/aromatic N) is 1. The predicted molar refractivity (Wildman–Crippen MR) is 90.4 cm³/mol. The van der Waals surface area contributed by atoms with Gasteiger partial charge in [-0.2, -0.15) is 0 Å². The van der Waals surface area contributed by atoms with Crippen LogP contribution in [0.25, 0.3) is 0 Å². The summed E-state index contributed by atoms with van der Waals surface area (Å²) in [5.41, 5.74) is 1.82. The standard InChI is InChI=1S/C16H18N2O4S/c1-18(11-12-6-4-3-5-7-12)15-9-8-13(17-23(2,21)22)10-14(15)16(19)20/h3-10,17H,11H2,1-2H3,(H,19,20). The van der Waals surface area contributed by atoms with Gasteiger partial charge in [-0.25, -0.2) is 13.2 Å². The van der Waals surface area contributed by atoms with Crippen LogP contribution in [-0.4, -0.2) is 32.8 Å². The van der Waals surface area contributed by atoms with E-state index in [1.165, 1.54) is 6.07 Å². The van der Waals surface area contributed by atoms with Crippen molar-refractivity contribution in [2.75, 3.05) is 22.9 Å². The molecule has 0 atom stereocenters. The largest absolute Gasteiger partial charge is 0.478 e. The lowest BCUT2D eigenvalue weighted by Crippen LogP contribution is -2.20. The predicted octanol–water partition coefficient (Wildman–Crippen LogP) is 2.39. The Bertz CT molecular complexity index is 804. The zero-order valence-corrected chi connectivity index (χ0v) is 13.7. The highest BCUT2D eigenvalue weighted by Gasteiger charge is 2.15. The molecule has 0 spiro atoms. The molecule has 0 saturated heterocycles. The number of hydrogen-bond acceptors (Lipinski definition) is 4. The van der Waals surface area contributed by atoms with Gasteiger partial charge in [0.05, 0.1) is 17.5 Å². The van der Waals surface area contributed by atoms with Crippen molar-refractivity contribution < 1.29 is 18.3 Å². The molecule has 2 aromatic rings. The third kappa shape index (κ3) is 4.72. The third-order valence-electron chi connectivity index (χ3n) is 3.20. The van der Waals surface area contributed by atoms with Gasteiger partial charge in [0.1, 0.15) is 0 Å². The SMILES string of the molecule is CN(Cc1ccccc1)c1ccc(NS(C)(=O)=O)cc1C(=O)O. The molecule has 23 heavy (non-hydrogen) atoms. The molecule has 0 aromatic heterocycles. The molecule has 0 heterocycles. The van der Waals surface area contributed by atoms with Gasteiger partial charge < -0.3 is 10.0 Å². The molecule has 7 heteroatoms. The van der Waals surface area contributed by atoms with Crippen LogP contribution in [0.15, 0.2) is 48.5 Å². The minimum absolute atomic E-state index is 0.0390. The second-order valence-corrected chi connectivity index (χ2v) is 7.00. The Labute approximate surface area is 135 Å². The maximum absolute atomic E-state index is 11.5. The average Bonchev–Trinajstić information content (AvgIpc) is 2.46.